The second-order valence-electron chi connectivity index (χ2n) is 6.22. The molecule has 0 bridgehead atoms. The largest absolute Gasteiger partial charge is 0.489 e. The summed E-state index contributed by atoms with van der Waals surface area (Å²) in [5.41, 5.74) is 4.47. The van der Waals surface area contributed by atoms with E-state index < -0.39 is 0 Å². The highest BCUT2D eigenvalue weighted by Crippen LogP contribution is 2.24. The van der Waals surface area contributed by atoms with Gasteiger partial charge in [0.25, 0.3) is 0 Å². The number of halogens is 3. The summed E-state index contributed by atoms with van der Waals surface area (Å²) in [7, 11) is 0. The Morgan fingerprint density at radius 3 is 2.30 bits per heavy atom. The van der Waals surface area contributed by atoms with Crippen LogP contribution in [0.15, 0.2) is 66.7 Å². The second-order valence-corrected chi connectivity index (χ2v) is 7.06. The molecule has 0 spiro atoms. The maximum atomic E-state index is 6.21. The smallest absolute Gasteiger partial charge is 0.124 e. The third-order valence-corrected chi connectivity index (χ3v) is 4.73. The summed E-state index contributed by atoms with van der Waals surface area (Å²) in [6.07, 6.45) is 0. The number of aryl methyl sites for hydroxylation is 1. The minimum absolute atomic E-state index is 0. The molecular weight excluding hydrogens is 401 g/mol. The van der Waals surface area contributed by atoms with Crippen LogP contribution in [-0.2, 0) is 19.7 Å². The molecule has 5 heteroatoms. The number of hydrogen-bond acceptors (Lipinski definition) is 2. The normalized spacial score (nSPS) is 10.3. The molecule has 1 N–H and O–H groups in total. The van der Waals surface area contributed by atoms with E-state index in [4.69, 9.17) is 27.9 Å². The molecule has 0 unspecified atom stereocenters. The van der Waals surface area contributed by atoms with Crippen LogP contribution in [0.25, 0.3) is 0 Å². The zero-order valence-electron chi connectivity index (χ0n) is 15.0. The molecule has 3 rings (SSSR count). The molecule has 0 aliphatic rings. The number of hydrogen-bond donors (Lipinski definition) is 1. The van der Waals surface area contributed by atoms with Crippen LogP contribution in [0.2, 0.25) is 10.0 Å². The Kier molecular flexibility index (Phi) is 8.46. The molecule has 0 aromatic heterocycles. The van der Waals surface area contributed by atoms with E-state index >= 15 is 0 Å². The average molecular weight is 423 g/mol. The van der Waals surface area contributed by atoms with Gasteiger partial charge in [-0.05, 0) is 42.3 Å². The predicted molar refractivity (Wildman–Crippen MR) is 116 cm³/mol. The van der Waals surface area contributed by atoms with E-state index in [2.05, 4.69) is 36.5 Å². The van der Waals surface area contributed by atoms with Crippen LogP contribution in [0.4, 0.5) is 0 Å². The quantitative estimate of drug-likeness (QED) is 0.463. The van der Waals surface area contributed by atoms with Gasteiger partial charge in [0.05, 0.1) is 0 Å². The van der Waals surface area contributed by atoms with Gasteiger partial charge >= 0.3 is 0 Å². The number of ether oxygens (including phenoxy) is 1. The van der Waals surface area contributed by atoms with E-state index in [1.807, 2.05) is 42.5 Å². The molecule has 0 atom stereocenters. The molecule has 0 saturated carbocycles. The van der Waals surface area contributed by atoms with E-state index in [0.717, 1.165) is 27.5 Å². The van der Waals surface area contributed by atoms with E-state index in [1.54, 1.807) is 0 Å². The first-order valence-electron chi connectivity index (χ1n) is 8.53. The van der Waals surface area contributed by atoms with Crippen LogP contribution in [-0.4, -0.2) is 0 Å². The lowest BCUT2D eigenvalue weighted by atomic mass is 10.1. The van der Waals surface area contributed by atoms with Crippen LogP contribution in [0.3, 0.4) is 0 Å². The van der Waals surface area contributed by atoms with Gasteiger partial charge in [-0.1, -0.05) is 71.2 Å². The molecule has 0 aliphatic heterocycles. The summed E-state index contributed by atoms with van der Waals surface area (Å²) in [6, 6.07) is 21.9. The van der Waals surface area contributed by atoms with Crippen LogP contribution in [0.1, 0.15) is 22.3 Å². The van der Waals surface area contributed by atoms with Gasteiger partial charge in [-0.15, -0.1) is 12.4 Å². The summed E-state index contributed by atoms with van der Waals surface area (Å²) < 4.78 is 6.02. The monoisotopic (exact) mass is 421 g/mol. The number of benzene rings is 3. The van der Waals surface area contributed by atoms with Gasteiger partial charge in [0.2, 0.25) is 0 Å². The van der Waals surface area contributed by atoms with E-state index in [9.17, 15) is 0 Å². The molecule has 0 heterocycles. The minimum atomic E-state index is 0. The van der Waals surface area contributed by atoms with Crippen LogP contribution >= 0.6 is 35.6 Å². The van der Waals surface area contributed by atoms with Crippen LogP contribution in [0.5, 0.6) is 5.75 Å². The van der Waals surface area contributed by atoms with Crippen molar-refractivity contribution in [2.45, 2.75) is 26.6 Å². The second kappa shape index (κ2) is 10.6. The van der Waals surface area contributed by atoms with Crippen LogP contribution < -0.4 is 10.1 Å². The van der Waals surface area contributed by atoms with Gasteiger partial charge in [-0.2, -0.15) is 0 Å². The third kappa shape index (κ3) is 6.44. The van der Waals surface area contributed by atoms with Gasteiger partial charge in [0.1, 0.15) is 12.4 Å². The van der Waals surface area contributed by atoms with Gasteiger partial charge in [0, 0.05) is 28.7 Å². The Hall–Kier alpha value is -1.71. The first-order chi connectivity index (χ1) is 12.6. The third-order valence-electron chi connectivity index (χ3n) is 4.13. The first kappa shape index (κ1) is 21.6. The van der Waals surface area contributed by atoms with Gasteiger partial charge in [-0.3, -0.25) is 0 Å². The maximum Gasteiger partial charge on any atom is 0.124 e. The van der Waals surface area contributed by atoms with E-state index in [-0.39, 0.29) is 12.4 Å². The Balaban J connectivity index is 0.00000261. The summed E-state index contributed by atoms with van der Waals surface area (Å²) >= 11 is 12.4. The fourth-order valence-electron chi connectivity index (χ4n) is 2.65. The van der Waals surface area contributed by atoms with Gasteiger partial charge in [-0.25, -0.2) is 0 Å². The predicted octanol–water partition coefficient (Wildman–Crippen LogP) is 6.59. The lowest BCUT2D eigenvalue weighted by Gasteiger charge is -2.13. The lowest BCUT2D eigenvalue weighted by Crippen LogP contribution is -2.14. The number of nitrogens with one attached hydrogen (secondary N) is 1. The molecule has 0 radical (unpaired) electrons. The van der Waals surface area contributed by atoms with Gasteiger partial charge < -0.3 is 10.1 Å². The highest BCUT2D eigenvalue weighted by molar-refractivity contribution is 6.31. The highest BCUT2D eigenvalue weighted by Gasteiger charge is 2.06. The summed E-state index contributed by atoms with van der Waals surface area (Å²) in [5, 5.41) is 4.87. The van der Waals surface area contributed by atoms with Crippen molar-refractivity contribution in [1.82, 2.24) is 5.32 Å². The molecule has 0 saturated heterocycles. The fourth-order valence-corrected chi connectivity index (χ4v) is 3.04. The standard InChI is InChI=1S/C22H21Cl2NO.ClH/c1-16-6-8-17(9-7-16)15-26-22-11-10-20(23)12-19(22)14-25-13-18-4-2-3-5-21(18)24;/h2-12,25H,13-15H2,1H3;1H. The maximum absolute atomic E-state index is 6.21. The van der Waals surface area contributed by atoms with E-state index in [1.165, 1.54) is 5.56 Å². The molecule has 2 nitrogen and oxygen atoms in total. The fraction of sp³-hybridized carbons (Fsp3) is 0.182. The highest BCUT2D eigenvalue weighted by atomic mass is 35.5. The first-order valence-corrected chi connectivity index (χ1v) is 9.28. The van der Waals surface area contributed by atoms with Crippen molar-refractivity contribution in [3.63, 3.8) is 0 Å². The minimum Gasteiger partial charge on any atom is -0.489 e. The Bertz CT molecular complexity index is 866. The molecular formula is C22H22Cl3NO. The summed E-state index contributed by atoms with van der Waals surface area (Å²) in [4.78, 5) is 0. The Labute approximate surface area is 176 Å². The molecule has 3 aromatic carbocycles. The Morgan fingerprint density at radius 1 is 0.852 bits per heavy atom. The molecule has 3 aromatic rings. The number of rotatable bonds is 7. The molecule has 0 amide bonds. The average Bonchev–Trinajstić information content (AvgIpc) is 2.64. The Morgan fingerprint density at radius 2 is 1.56 bits per heavy atom. The van der Waals surface area contributed by atoms with Crippen molar-refractivity contribution in [3.05, 3.63) is 99.0 Å². The topological polar surface area (TPSA) is 21.3 Å². The van der Waals surface area contributed by atoms with E-state index in [0.29, 0.717) is 24.7 Å². The molecule has 27 heavy (non-hydrogen) atoms. The van der Waals surface area contributed by atoms with Crippen molar-refractivity contribution in [2.24, 2.45) is 0 Å². The summed E-state index contributed by atoms with van der Waals surface area (Å²) in [5.74, 6) is 0.835. The zero-order valence-corrected chi connectivity index (χ0v) is 17.4. The van der Waals surface area contributed by atoms with Crippen molar-refractivity contribution < 1.29 is 4.74 Å². The lowest BCUT2D eigenvalue weighted by molar-refractivity contribution is 0.302. The molecule has 142 valence electrons. The van der Waals surface area contributed by atoms with Crippen molar-refractivity contribution in [2.75, 3.05) is 0 Å². The van der Waals surface area contributed by atoms with Crippen molar-refractivity contribution >= 4 is 35.6 Å². The SMILES string of the molecule is Cc1ccc(COc2ccc(Cl)cc2CNCc2ccccc2Cl)cc1.Cl. The van der Waals surface area contributed by atoms with Gasteiger partial charge in [0.15, 0.2) is 0 Å². The molecule has 0 aliphatic carbocycles. The van der Waals surface area contributed by atoms with Crippen molar-refractivity contribution in [3.8, 4) is 5.75 Å². The summed E-state index contributed by atoms with van der Waals surface area (Å²) in [6.45, 7) is 3.94. The van der Waals surface area contributed by atoms with Crippen molar-refractivity contribution in [1.29, 1.82) is 0 Å². The molecule has 0 fully saturated rings. The zero-order chi connectivity index (χ0) is 18.4. The van der Waals surface area contributed by atoms with Crippen LogP contribution in [0, 0.1) is 6.92 Å².